The predicted molar refractivity (Wildman–Crippen MR) is 86.7 cm³/mol. The molecule has 1 heterocycles. The number of hydrogen-bond acceptors (Lipinski definition) is 6. The topological polar surface area (TPSA) is 67.9 Å². The van der Waals surface area contributed by atoms with Crippen molar-refractivity contribution < 1.29 is 19.1 Å². The van der Waals surface area contributed by atoms with E-state index < -0.39 is 11.9 Å². The second-order valence-electron chi connectivity index (χ2n) is 5.38. The van der Waals surface area contributed by atoms with Crippen LogP contribution in [-0.4, -0.2) is 44.1 Å². The van der Waals surface area contributed by atoms with Gasteiger partial charge >= 0.3 is 11.9 Å². The molecule has 23 heavy (non-hydrogen) atoms. The normalized spacial score (nSPS) is 15.3. The van der Waals surface area contributed by atoms with Crippen molar-refractivity contribution in [2.24, 2.45) is 0 Å². The number of methoxy groups -OCH3 is 2. The molecule has 1 aliphatic heterocycles. The Hall–Kier alpha value is -2.34. The van der Waals surface area contributed by atoms with Gasteiger partial charge in [-0.05, 0) is 43.6 Å². The quantitative estimate of drug-likeness (QED) is 0.638. The Morgan fingerprint density at radius 3 is 2.61 bits per heavy atom. The summed E-state index contributed by atoms with van der Waals surface area (Å²) in [6.07, 6.45) is 3.57. The zero-order valence-corrected chi connectivity index (χ0v) is 13.5. The molecule has 0 bridgehead atoms. The summed E-state index contributed by atoms with van der Waals surface area (Å²) in [5.74, 6) is -1.24. The molecule has 1 aromatic rings. The second kappa shape index (κ2) is 8.33. The summed E-state index contributed by atoms with van der Waals surface area (Å²) in [6, 6.07) is 7.76. The first-order chi connectivity index (χ1) is 11.1. The van der Waals surface area contributed by atoms with Gasteiger partial charge in [-0.15, -0.1) is 0 Å². The van der Waals surface area contributed by atoms with Gasteiger partial charge in [0.25, 0.3) is 0 Å². The lowest BCUT2D eigenvalue weighted by Crippen LogP contribution is -2.18. The lowest BCUT2D eigenvalue weighted by atomic mass is 10.2. The van der Waals surface area contributed by atoms with Gasteiger partial charge in [-0.1, -0.05) is 12.1 Å². The Morgan fingerprint density at radius 1 is 1.22 bits per heavy atom. The molecule has 6 nitrogen and oxygen atoms in total. The van der Waals surface area contributed by atoms with Crippen molar-refractivity contribution in [3.8, 4) is 0 Å². The van der Waals surface area contributed by atoms with Crippen molar-refractivity contribution in [3.05, 3.63) is 41.6 Å². The molecule has 0 saturated carbocycles. The van der Waals surface area contributed by atoms with Crippen molar-refractivity contribution in [3.63, 3.8) is 0 Å². The van der Waals surface area contributed by atoms with Gasteiger partial charge in [0.05, 0.1) is 20.3 Å². The summed E-state index contributed by atoms with van der Waals surface area (Å²) >= 11 is 0. The second-order valence-corrected chi connectivity index (χ2v) is 5.38. The van der Waals surface area contributed by atoms with Crippen LogP contribution in [0.5, 0.6) is 0 Å². The van der Waals surface area contributed by atoms with Crippen molar-refractivity contribution >= 4 is 17.6 Å². The molecule has 0 unspecified atom stereocenters. The first-order valence-electron chi connectivity index (χ1n) is 7.58. The third-order valence-electron chi connectivity index (χ3n) is 3.68. The number of rotatable bonds is 6. The largest absolute Gasteiger partial charge is 0.466 e. The van der Waals surface area contributed by atoms with Crippen molar-refractivity contribution in [2.75, 3.05) is 32.6 Å². The fourth-order valence-electron chi connectivity index (χ4n) is 2.53. The van der Waals surface area contributed by atoms with Gasteiger partial charge in [0.1, 0.15) is 5.70 Å². The minimum atomic E-state index is -0.625. The molecule has 0 aromatic heterocycles. The van der Waals surface area contributed by atoms with Crippen LogP contribution in [0.3, 0.4) is 0 Å². The van der Waals surface area contributed by atoms with Crippen LogP contribution >= 0.6 is 0 Å². The molecule has 1 aromatic carbocycles. The summed E-state index contributed by atoms with van der Waals surface area (Å²) in [7, 11) is 2.52. The molecule has 1 aliphatic rings. The van der Waals surface area contributed by atoms with E-state index in [1.54, 1.807) is 0 Å². The zero-order chi connectivity index (χ0) is 16.7. The van der Waals surface area contributed by atoms with Crippen LogP contribution < -0.4 is 5.32 Å². The van der Waals surface area contributed by atoms with Crippen LogP contribution in [0.25, 0.3) is 0 Å². The maximum Gasteiger partial charge on any atom is 0.354 e. The number of likely N-dealkylation sites (tertiary alicyclic amines) is 1. The van der Waals surface area contributed by atoms with E-state index in [9.17, 15) is 9.59 Å². The highest BCUT2D eigenvalue weighted by Gasteiger charge is 2.14. The monoisotopic (exact) mass is 318 g/mol. The Balaban J connectivity index is 2.11. The summed E-state index contributed by atoms with van der Waals surface area (Å²) in [4.78, 5) is 25.5. The third-order valence-corrected chi connectivity index (χ3v) is 3.68. The molecule has 0 amide bonds. The van der Waals surface area contributed by atoms with Gasteiger partial charge in [-0.3, -0.25) is 4.90 Å². The van der Waals surface area contributed by atoms with E-state index in [0.29, 0.717) is 0 Å². The van der Waals surface area contributed by atoms with Gasteiger partial charge in [-0.25, -0.2) is 9.59 Å². The van der Waals surface area contributed by atoms with Crippen LogP contribution in [0.15, 0.2) is 36.0 Å². The maximum absolute atomic E-state index is 11.8. The summed E-state index contributed by atoms with van der Waals surface area (Å²) in [6.45, 7) is 3.12. The number of nitrogens with zero attached hydrogens (tertiary/aromatic N) is 1. The summed E-state index contributed by atoms with van der Waals surface area (Å²) in [5.41, 5.74) is 1.92. The van der Waals surface area contributed by atoms with Crippen molar-refractivity contribution in [1.29, 1.82) is 0 Å². The van der Waals surface area contributed by atoms with Crippen LogP contribution in [-0.2, 0) is 25.6 Å². The van der Waals surface area contributed by atoms with Crippen molar-refractivity contribution in [1.82, 2.24) is 4.90 Å². The highest BCUT2D eigenvalue weighted by Crippen LogP contribution is 2.17. The number of carbonyl (C=O) groups is 2. The van der Waals surface area contributed by atoms with Crippen LogP contribution in [0.2, 0.25) is 0 Å². The molecular weight excluding hydrogens is 296 g/mol. The molecule has 1 fully saturated rings. The van der Waals surface area contributed by atoms with Gasteiger partial charge in [0.15, 0.2) is 0 Å². The van der Waals surface area contributed by atoms with Crippen LogP contribution in [0, 0.1) is 0 Å². The molecule has 2 rings (SSSR count). The Labute approximate surface area is 136 Å². The number of nitrogens with one attached hydrogen (secondary N) is 1. The highest BCUT2D eigenvalue weighted by molar-refractivity contribution is 5.98. The van der Waals surface area contributed by atoms with Gasteiger partial charge in [0.2, 0.25) is 0 Å². The number of esters is 2. The molecule has 1 N–H and O–H groups in total. The lowest BCUT2D eigenvalue weighted by Gasteiger charge is -2.16. The first-order valence-corrected chi connectivity index (χ1v) is 7.58. The highest BCUT2D eigenvalue weighted by atomic mass is 16.5. The van der Waals surface area contributed by atoms with E-state index in [-0.39, 0.29) is 5.70 Å². The number of benzene rings is 1. The fourth-order valence-corrected chi connectivity index (χ4v) is 2.53. The minimum absolute atomic E-state index is 0.0395. The average Bonchev–Trinajstić information content (AvgIpc) is 3.06. The SMILES string of the molecule is COC(=O)/C=C(/Nc1cccc(CN2CCCC2)c1)C(=O)OC. The van der Waals surface area contributed by atoms with Crippen molar-refractivity contribution in [2.45, 2.75) is 19.4 Å². The maximum atomic E-state index is 11.8. The molecule has 1 saturated heterocycles. The van der Waals surface area contributed by atoms with E-state index in [0.717, 1.165) is 37.0 Å². The summed E-state index contributed by atoms with van der Waals surface area (Å²) < 4.78 is 9.24. The predicted octanol–water partition coefficient (Wildman–Crippen LogP) is 1.92. The van der Waals surface area contributed by atoms with E-state index in [1.165, 1.54) is 27.1 Å². The number of anilines is 1. The molecule has 6 heteroatoms. The van der Waals surface area contributed by atoms with Crippen LogP contribution in [0.4, 0.5) is 5.69 Å². The Bertz CT molecular complexity index is 592. The van der Waals surface area contributed by atoms with E-state index in [1.807, 2.05) is 24.3 Å². The standard InChI is InChI=1S/C17H22N2O4/c1-22-16(20)11-15(17(21)23-2)18-14-7-5-6-13(10-14)12-19-8-3-4-9-19/h5-7,10-11,18H,3-4,8-9,12H2,1-2H3/b15-11+. The average molecular weight is 318 g/mol. The number of carbonyl (C=O) groups excluding carboxylic acids is 2. The molecular formula is C17H22N2O4. The zero-order valence-electron chi connectivity index (χ0n) is 13.5. The smallest absolute Gasteiger partial charge is 0.354 e. The van der Waals surface area contributed by atoms with E-state index in [4.69, 9.17) is 0 Å². The molecule has 0 aliphatic carbocycles. The van der Waals surface area contributed by atoms with Gasteiger partial charge in [-0.2, -0.15) is 0 Å². The third kappa shape index (κ3) is 5.10. The lowest BCUT2D eigenvalue weighted by molar-refractivity contribution is -0.138. The Kier molecular flexibility index (Phi) is 6.17. The fraction of sp³-hybridized carbons (Fsp3) is 0.412. The molecule has 0 atom stereocenters. The Morgan fingerprint density at radius 2 is 1.96 bits per heavy atom. The number of hydrogen-bond donors (Lipinski definition) is 1. The van der Waals surface area contributed by atoms with Gasteiger partial charge < -0.3 is 14.8 Å². The van der Waals surface area contributed by atoms with E-state index >= 15 is 0 Å². The number of ether oxygens (including phenoxy) is 2. The minimum Gasteiger partial charge on any atom is -0.466 e. The van der Waals surface area contributed by atoms with E-state index in [2.05, 4.69) is 19.7 Å². The first kappa shape index (κ1) is 17.0. The molecule has 0 radical (unpaired) electrons. The molecule has 124 valence electrons. The molecule has 0 spiro atoms. The van der Waals surface area contributed by atoms with Crippen LogP contribution in [0.1, 0.15) is 18.4 Å². The van der Waals surface area contributed by atoms with Gasteiger partial charge in [0, 0.05) is 12.2 Å². The summed E-state index contributed by atoms with van der Waals surface area (Å²) in [5, 5.41) is 2.93.